The fourth-order valence-electron chi connectivity index (χ4n) is 1.19. The molecule has 1 aromatic carbocycles. The van der Waals surface area contributed by atoms with Gasteiger partial charge in [-0.15, -0.1) is 0 Å². The quantitative estimate of drug-likeness (QED) is 0.840. The van der Waals surface area contributed by atoms with Crippen LogP contribution in [0, 0.1) is 0 Å². The topological polar surface area (TPSA) is 44.5 Å². The van der Waals surface area contributed by atoms with E-state index >= 15 is 0 Å². The van der Waals surface area contributed by atoms with Crippen LogP contribution in [0.15, 0.2) is 22.7 Å². The highest BCUT2D eigenvalue weighted by atomic mass is 79.9. The van der Waals surface area contributed by atoms with Gasteiger partial charge in [0.05, 0.1) is 16.3 Å². The third kappa shape index (κ3) is 3.72. The Hall–Kier alpha value is -0.740. The van der Waals surface area contributed by atoms with Crippen LogP contribution >= 0.6 is 15.9 Å². The number of benzene rings is 1. The summed E-state index contributed by atoms with van der Waals surface area (Å²) in [4.78, 5) is 0. The predicted octanol–water partition coefficient (Wildman–Crippen LogP) is 2.84. The van der Waals surface area contributed by atoms with Crippen molar-refractivity contribution in [2.45, 2.75) is 19.4 Å². The van der Waals surface area contributed by atoms with E-state index in [0.29, 0.717) is 18.0 Å². The van der Waals surface area contributed by atoms with Gasteiger partial charge in [0, 0.05) is 20.1 Å². The SMILES string of the molecule is COCCC(C)Oc1c(N)cccc1Br. The van der Waals surface area contributed by atoms with Crippen LogP contribution in [-0.4, -0.2) is 19.8 Å². The van der Waals surface area contributed by atoms with Crippen molar-refractivity contribution in [1.82, 2.24) is 0 Å². The summed E-state index contributed by atoms with van der Waals surface area (Å²) in [5.74, 6) is 0.709. The molecular formula is C11H16BrNO2. The molecule has 84 valence electrons. The molecule has 1 rings (SSSR count). The molecule has 0 fully saturated rings. The van der Waals surface area contributed by atoms with Crippen LogP contribution in [0.1, 0.15) is 13.3 Å². The molecule has 15 heavy (non-hydrogen) atoms. The zero-order valence-electron chi connectivity index (χ0n) is 9.00. The van der Waals surface area contributed by atoms with Crippen LogP contribution in [0.2, 0.25) is 0 Å². The third-order valence-corrected chi connectivity index (χ3v) is 2.67. The van der Waals surface area contributed by atoms with Crippen LogP contribution in [-0.2, 0) is 4.74 Å². The molecule has 0 aliphatic rings. The number of methoxy groups -OCH3 is 1. The first kappa shape index (κ1) is 12.3. The number of halogens is 1. The Morgan fingerprint density at radius 3 is 2.80 bits per heavy atom. The van der Waals surface area contributed by atoms with Gasteiger partial charge in [0.1, 0.15) is 0 Å². The summed E-state index contributed by atoms with van der Waals surface area (Å²) in [6, 6.07) is 5.62. The van der Waals surface area contributed by atoms with Crippen molar-refractivity contribution >= 4 is 21.6 Å². The van der Waals surface area contributed by atoms with Gasteiger partial charge in [-0.2, -0.15) is 0 Å². The summed E-state index contributed by atoms with van der Waals surface area (Å²) in [7, 11) is 1.68. The Labute approximate surface area is 98.7 Å². The van der Waals surface area contributed by atoms with E-state index in [-0.39, 0.29) is 6.10 Å². The van der Waals surface area contributed by atoms with E-state index in [9.17, 15) is 0 Å². The number of hydrogen-bond acceptors (Lipinski definition) is 3. The molecule has 0 aromatic heterocycles. The number of hydrogen-bond donors (Lipinski definition) is 1. The van der Waals surface area contributed by atoms with Crippen LogP contribution in [0.3, 0.4) is 0 Å². The molecule has 0 saturated carbocycles. The summed E-state index contributed by atoms with van der Waals surface area (Å²) in [5, 5.41) is 0. The van der Waals surface area contributed by atoms with E-state index in [2.05, 4.69) is 15.9 Å². The Morgan fingerprint density at radius 2 is 2.20 bits per heavy atom. The third-order valence-electron chi connectivity index (χ3n) is 2.04. The van der Waals surface area contributed by atoms with Gasteiger partial charge in [0.15, 0.2) is 5.75 Å². The van der Waals surface area contributed by atoms with Gasteiger partial charge in [-0.05, 0) is 35.0 Å². The van der Waals surface area contributed by atoms with Gasteiger partial charge < -0.3 is 15.2 Å². The maximum atomic E-state index is 5.81. The summed E-state index contributed by atoms with van der Waals surface area (Å²) in [5.41, 5.74) is 6.46. The first-order valence-corrected chi connectivity index (χ1v) is 5.64. The molecule has 1 unspecified atom stereocenters. The smallest absolute Gasteiger partial charge is 0.156 e. The van der Waals surface area contributed by atoms with E-state index in [1.165, 1.54) is 0 Å². The maximum absolute atomic E-state index is 5.81. The van der Waals surface area contributed by atoms with Gasteiger partial charge >= 0.3 is 0 Å². The molecule has 1 aromatic rings. The van der Waals surface area contributed by atoms with Gasteiger partial charge in [0.25, 0.3) is 0 Å². The van der Waals surface area contributed by atoms with E-state index in [1.807, 2.05) is 25.1 Å². The van der Waals surface area contributed by atoms with E-state index in [0.717, 1.165) is 10.9 Å². The Kier molecular flexibility index (Phi) is 4.91. The van der Waals surface area contributed by atoms with Gasteiger partial charge in [-0.25, -0.2) is 0 Å². The summed E-state index contributed by atoms with van der Waals surface area (Å²) < 4.78 is 11.6. The van der Waals surface area contributed by atoms with E-state index < -0.39 is 0 Å². The number of para-hydroxylation sites is 1. The number of nitrogen functional groups attached to an aromatic ring is 1. The number of anilines is 1. The molecule has 0 aliphatic carbocycles. The molecule has 0 heterocycles. The van der Waals surface area contributed by atoms with Crippen LogP contribution in [0.4, 0.5) is 5.69 Å². The first-order valence-electron chi connectivity index (χ1n) is 4.84. The minimum absolute atomic E-state index is 0.0888. The van der Waals surface area contributed by atoms with Crippen LogP contribution in [0.5, 0.6) is 5.75 Å². The van der Waals surface area contributed by atoms with Gasteiger partial charge in [-0.3, -0.25) is 0 Å². The highest BCUT2D eigenvalue weighted by Gasteiger charge is 2.09. The van der Waals surface area contributed by atoms with Gasteiger partial charge in [0.2, 0.25) is 0 Å². The summed E-state index contributed by atoms with van der Waals surface area (Å²) >= 11 is 3.41. The lowest BCUT2D eigenvalue weighted by Crippen LogP contribution is -2.15. The second-order valence-corrected chi connectivity index (χ2v) is 4.22. The Morgan fingerprint density at radius 1 is 1.47 bits per heavy atom. The van der Waals surface area contributed by atoms with Crippen LogP contribution in [0.25, 0.3) is 0 Å². The largest absolute Gasteiger partial charge is 0.487 e. The molecule has 0 amide bonds. The minimum atomic E-state index is 0.0888. The Bertz CT molecular complexity index is 297. The summed E-state index contributed by atoms with van der Waals surface area (Å²) in [6.07, 6.45) is 0.933. The molecule has 0 radical (unpaired) electrons. The summed E-state index contributed by atoms with van der Waals surface area (Å²) in [6.45, 7) is 2.68. The highest BCUT2D eigenvalue weighted by Crippen LogP contribution is 2.31. The molecule has 0 bridgehead atoms. The van der Waals surface area contributed by atoms with Crippen molar-refractivity contribution in [2.24, 2.45) is 0 Å². The molecule has 0 saturated heterocycles. The fourth-order valence-corrected chi connectivity index (χ4v) is 1.67. The molecule has 0 aliphatic heterocycles. The van der Waals surface area contributed by atoms with Crippen molar-refractivity contribution in [3.63, 3.8) is 0 Å². The standard InChI is InChI=1S/C11H16BrNO2/c1-8(6-7-14-2)15-11-9(12)4-3-5-10(11)13/h3-5,8H,6-7,13H2,1-2H3. The average Bonchev–Trinajstić information content (AvgIpc) is 2.21. The van der Waals surface area contributed by atoms with E-state index in [4.69, 9.17) is 15.2 Å². The minimum Gasteiger partial charge on any atom is -0.487 e. The second-order valence-electron chi connectivity index (χ2n) is 3.37. The molecule has 2 N–H and O–H groups in total. The molecule has 4 heteroatoms. The van der Waals surface area contributed by atoms with Crippen LogP contribution < -0.4 is 10.5 Å². The lowest BCUT2D eigenvalue weighted by molar-refractivity contribution is 0.135. The number of ether oxygens (including phenoxy) is 2. The Balaban J connectivity index is 2.63. The second kappa shape index (κ2) is 5.98. The molecule has 3 nitrogen and oxygen atoms in total. The zero-order valence-corrected chi connectivity index (χ0v) is 10.6. The van der Waals surface area contributed by atoms with Crippen molar-refractivity contribution in [3.8, 4) is 5.75 Å². The number of rotatable bonds is 5. The maximum Gasteiger partial charge on any atom is 0.156 e. The normalized spacial score (nSPS) is 12.5. The lowest BCUT2D eigenvalue weighted by Gasteiger charge is -2.16. The zero-order chi connectivity index (χ0) is 11.3. The van der Waals surface area contributed by atoms with Crippen molar-refractivity contribution in [3.05, 3.63) is 22.7 Å². The lowest BCUT2D eigenvalue weighted by atomic mass is 10.2. The predicted molar refractivity (Wildman–Crippen MR) is 65.1 cm³/mol. The van der Waals surface area contributed by atoms with Gasteiger partial charge in [-0.1, -0.05) is 6.07 Å². The first-order chi connectivity index (χ1) is 7.15. The number of nitrogens with two attached hydrogens (primary N) is 1. The van der Waals surface area contributed by atoms with E-state index in [1.54, 1.807) is 7.11 Å². The van der Waals surface area contributed by atoms with Crippen molar-refractivity contribution in [1.29, 1.82) is 0 Å². The fraction of sp³-hybridized carbons (Fsp3) is 0.455. The van der Waals surface area contributed by atoms with Crippen molar-refractivity contribution < 1.29 is 9.47 Å². The average molecular weight is 274 g/mol. The highest BCUT2D eigenvalue weighted by molar-refractivity contribution is 9.10. The monoisotopic (exact) mass is 273 g/mol. The molecular weight excluding hydrogens is 258 g/mol. The molecule has 1 atom stereocenters. The molecule has 0 spiro atoms. The van der Waals surface area contributed by atoms with Crippen molar-refractivity contribution in [2.75, 3.05) is 19.5 Å².